The van der Waals surface area contributed by atoms with Crippen LogP contribution in [0.15, 0.2) is 30.3 Å². The predicted octanol–water partition coefficient (Wildman–Crippen LogP) is 2.09. The summed E-state index contributed by atoms with van der Waals surface area (Å²) in [7, 11) is 0. The first-order valence-electron chi connectivity index (χ1n) is 6.95. The van der Waals surface area contributed by atoms with Crippen molar-refractivity contribution in [3.63, 3.8) is 0 Å². The number of carboxylic acids is 1. The van der Waals surface area contributed by atoms with Gasteiger partial charge in [-0.15, -0.1) is 0 Å². The lowest BCUT2D eigenvalue weighted by atomic mass is 10.1. The summed E-state index contributed by atoms with van der Waals surface area (Å²) in [5, 5.41) is 10.0. The van der Waals surface area contributed by atoms with Crippen molar-refractivity contribution >= 4 is 22.8 Å². The molecular formula is C16H16N2O3. The Bertz CT molecular complexity index is 727. The predicted molar refractivity (Wildman–Crippen MR) is 78.1 cm³/mol. The SMILES string of the molecule is Cc1cc(C(=O)N2CC[C@H](C(=O)O)C2)nc2ccccc12. The van der Waals surface area contributed by atoms with Gasteiger partial charge in [0, 0.05) is 18.5 Å². The van der Waals surface area contributed by atoms with Crippen LogP contribution in [0.4, 0.5) is 0 Å². The van der Waals surface area contributed by atoms with E-state index in [2.05, 4.69) is 4.98 Å². The Kier molecular flexibility index (Phi) is 3.33. The molecule has 1 N–H and O–H groups in total. The highest BCUT2D eigenvalue weighted by atomic mass is 16.4. The van der Waals surface area contributed by atoms with Crippen LogP contribution in [-0.2, 0) is 4.79 Å². The Balaban J connectivity index is 1.90. The number of aromatic nitrogens is 1. The molecule has 1 aliphatic rings. The third kappa shape index (κ3) is 2.46. The van der Waals surface area contributed by atoms with Crippen molar-refractivity contribution in [2.45, 2.75) is 13.3 Å². The van der Waals surface area contributed by atoms with E-state index < -0.39 is 11.9 Å². The Hall–Kier alpha value is -2.43. The first-order chi connectivity index (χ1) is 10.1. The van der Waals surface area contributed by atoms with E-state index in [1.807, 2.05) is 31.2 Å². The molecule has 5 heteroatoms. The average Bonchev–Trinajstić information content (AvgIpc) is 2.96. The molecule has 0 spiro atoms. The van der Waals surface area contributed by atoms with Crippen molar-refractivity contribution in [1.82, 2.24) is 9.88 Å². The van der Waals surface area contributed by atoms with E-state index in [9.17, 15) is 9.59 Å². The number of benzene rings is 1. The van der Waals surface area contributed by atoms with Gasteiger partial charge in [-0.1, -0.05) is 18.2 Å². The Labute approximate surface area is 122 Å². The number of pyridine rings is 1. The van der Waals surface area contributed by atoms with E-state index in [-0.39, 0.29) is 12.5 Å². The molecule has 1 fully saturated rings. The third-order valence-corrected chi connectivity index (χ3v) is 3.97. The largest absolute Gasteiger partial charge is 0.481 e. The lowest BCUT2D eigenvalue weighted by molar-refractivity contribution is -0.141. The summed E-state index contributed by atoms with van der Waals surface area (Å²) in [5.41, 5.74) is 2.17. The molecule has 1 aliphatic heterocycles. The van der Waals surface area contributed by atoms with E-state index in [1.165, 1.54) is 0 Å². The van der Waals surface area contributed by atoms with Gasteiger partial charge in [-0.3, -0.25) is 9.59 Å². The summed E-state index contributed by atoms with van der Waals surface area (Å²) in [5.74, 6) is -1.49. The minimum atomic E-state index is -0.840. The van der Waals surface area contributed by atoms with Gasteiger partial charge in [-0.2, -0.15) is 0 Å². The van der Waals surface area contributed by atoms with Crippen molar-refractivity contribution in [3.05, 3.63) is 41.6 Å². The van der Waals surface area contributed by atoms with Crippen LogP contribution in [0.5, 0.6) is 0 Å². The second kappa shape index (κ2) is 5.16. The molecule has 3 rings (SSSR count). The van der Waals surface area contributed by atoms with Crippen molar-refractivity contribution in [2.75, 3.05) is 13.1 Å². The number of fused-ring (bicyclic) bond motifs is 1. The number of carbonyl (C=O) groups excluding carboxylic acids is 1. The molecule has 0 unspecified atom stereocenters. The molecule has 1 amide bonds. The minimum Gasteiger partial charge on any atom is -0.481 e. The minimum absolute atomic E-state index is 0.187. The second-order valence-electron chi connectivity index (χ2n) is 5.42. The van der Waals surface area contributed by atoms with Crippen LogP contribution in [0.1, 0.15) is 22.5 Å². The molecule has 1 aromatic heterocycles. The van der Waals surface area contributed by atoms with Crippen molar-refractivity contribution < 1.29 is 14.7 Å². The number of carbonyl (C=O) groups is 2. The Morgan fingerprint density at radius 3 is 2.81 bits per heavy atom. The van der Waals surface area contributed by atoms with Crippen molar-refractivity contribution in [1.29, 1.82) is 0 Å². The van der Waals surface area contributed by atoms with E-state index in [4.69, 9.17) is 5.11 Å². The van der Waals surface area contributed by atoms with Gasteiger partial charge in [0.1, 0.15) is 5.69 Å². The number of hydrogen-bond acceptors (Lipinski definition) is 3. The highest BCUT2D eigenvalue weighted by Crippen LogP contribution is 2.21. The normalized spacial score (nSPS) is 18.1. The quantitative estimate of drug-likeness (QED) is 0.916. The van der Waals surface area contributed by atoms with E-state index >= 15 is 0 Å². The van der Waals surface area contributed by atoms with E-state index in [0.29, 0.717) is 18.7 Å². The Morgan fingerprint density at radius 2 is 2.10 bits per heavy atom. The van der Waals surface area contributed by atoms with E-state index in [1.54, 1.807) is 11.0 Å². The fourth-order valence-electron chi connectivity index (χ4n) is 2.77. The molecule has 0 radical (unpaired) electrons. The highest BCUT2D eigenvalue weighted by molar-refractivity contribution is 5.96. The smallest absolute Gasteiger partial charge is 0.308 e. The molecule has 21 heavy (non-hydrogen) atoms. The maximum absolute atomic E-state index is 12.5. The summed E-state index contributed by atoms with van der Waals surface area (Å²) in [6.45, 7) is 2.69. The maximum Gasteiger partial charge on any atom is 0.308 e. The standard InChI is InChI=1S/C16H16N2O3/c1-10-8-14(17-13-5-3-2-4-12(10)13)15(19)18-7-6-11(9-18)16(20)21/h2-5,8,11H,6-7,9H2,1H3,(H,20,21)/t11-/m0/s1. The first-order valence-corrected chi connectivity index (χ1v) is 6.95. The van der Waals surface area contributed by atoms with Crippen LogP contribution in [0.3, 0.4) is 0 Å². The second-order valence-corrected chi connectivity index (χ2v) is 5.42. The zero-order valence-electron chi connectivity index (χ0n) is 11.7. The van der Waals surface area contributed by atoms with Crippen LogP contribution in [0, 0.1) is 12.8 Å². The molecule has 2 heterocycles. The molecule has 5 nitrogen and oxygen atoms in total. The first kappa shape index (κ1) is 13.5. The van der Waals surface area contributed by atoms with Gasteiger partial charge in [-0.25, -0.2) is 4.98 Å². The van der Waals surface area contributed by atoms with Crippen LogP contribution in [0.2, 0.25) is 0 Å². The lowest BCUT2D eigenvalue weighted by Gasteiger charge is -2.16. The van der Waals surface area contributed by atoms with Gasteiger partial charge in [-0.05, 0) is 31.0 Å². The molecule has 108 valence electrons. The molecule has 0 aliphatic carbocycles. The molecule has 1 atom stereocenters. The number of aliphatic carboxylic acids is 1. The number of hydrogen-bond donors (Lipinski definition) is 1. The van der Waals surface area contributed by atoms with Gasteiger partial charge < -0.3 is 10.0 Å². The fourth-order valence-corrected chi connectivity index (χ4v) is 2.77. The van der Waals surface area contributed by atoms with Gasteiger partial charge in [0.25, 0.3) is 5.91 Å². The summed E-state index contributed by atoms with van der Waals surface area (Å²) < 4.78 is 0. The number of nitrogens with zero attached hydrogens (tertiary/aromatic N) is 2. The summed E-state index contributed by atoms with van der Waals surface area (Å²) in [6, 6.07) is 9.46. The highest BCUT2D eigenvalue weighted by Gasteiger charge is 2.31. The number of likely N-dealkylation sites (tertiary alicyclic amines) is 1. The number of carboxylic acid groups (broad SMARTS) is 1. The number of aryl methyl sites for hydroxylation is 1. The summed E-state index contributed by atoms with van der Waals surface area (Å²) >= 11 is 0. The van der Waals surface area contributed by atoms with Gasteiger partial charge in [0.15, 0.2) is 0 Å². The number of rotatable bonds is 2. The third-order valence-electron chi connectivity index (χ3n) is 3.97. The average molecular weight is 284 g/mol. The van der Waals surface area contributed by atoms with Crippen LogP contribution in [0.25, 0.3) is 10.9 Å². The number of amides is 1. The molecule has 2 aromatic rings. The zero-order valence-corrected chi connectivity index (χ0v) is 11.7. The molecule has 1 aromatic carbocycles. The van der Waals surface area contributed by atoms with Gasteiger partial charge in [0.05, 0.1) is 11.4 Å². The maximum atomic E-state index is 12.5. The van der Waals surface area contributed by atoms with Crippen LogP contribution < -0.4 is 0 Å². The lowest BCUT2D eigenvalue weighted by Crippen LogP contribution is -2.30. The molecule has 0 bridgehead atoms. The van der Waals surface area contributed by atoms with Crippen molar-refractivity contribution in [2.24, 2.45) is 5.92 Å². The van der Waals surface area contributed by atoms with Gasteiger partial charge >= 0.3 is 5.97 Å². The van der Waals surface area contributed by atoms with Gasteiger partial charge in [0.2, 0.25) is 0 Å². The van der Waals surface area contributed by atoms with Crippen LogP contribution >= 0.6 is 0 Å². The summed E-state index contributed by atoms with van der Waals surface area (Å²) in [4.78, 5) is 29.5. The fraction of sp³-hybridized carbons (Fsp3) is 0.312. The van der Waals surface area contributed by atoms with Crippen molar-refractivity contribution in [3.8, 4) is 0 Å². The van der Waals surface area contributed by atoms with E-state index in [0.717, 1.165) is 16.5 Å². The molecule has 1 saturated heterocycles. The molecular weight excluding hydrogens is 268 g/mol. The molecule has 0 saturated carbocycles. The summed E-state index contributed by atoms with van der Waals surface area (Å²) in [6.07, 6.45) is 0.508. The number of para-hydroxylation sites is 1. The van der Waals surface area contributed by atoms with Crippen LogP contribution in [-0.4, -0.2) is 40.0 Å². The Morgan fingerprint density at radius 1 is 1.33 bits per heavy atom. The monoisotopic (exact) mass is 284 g/mol. The zero-order chi connectivity index (χ0) is 15.0. The topological polar surface area (TPSA) is 70.5 Å².